The highest BCUT2D eigenvalue weighted by Crippen LogP contribution is 2.35. The summed E-state index contributed by atoms with van der Waals surface area (Å²) in [4.78, 5) is 8.68. The third-order valence-electron chi connectivity index (χ3n) is 5.04. The van der Waals surface area contributed by atoms with Crippen LogP contribution in [0.15, 0.2) is 18.3 Å². The number of piperidine rings is 1. The minimum Gasteiger partial charge on any atom is -0.354 e. The van der Waals surface area contributed by atoms with Gasteiger partial charge in [0, 0.05) is 36.2 Å². The van der Waals surface area contributed by atoms with E-state index in [1.54, 1.807) is 6.20 Å². The Morgan fingerprint density at radius 3 is 3.12 bits per heavy atom. The molecule has 1 fully saturated rings. The third kappa shape index (κ3) is 3.30. The zero-order chi connectivity index (χ0) is 16.4. The lowest BCUT2D eigenvalue weighted by molar-refractivity contribution is 0.354. The van der Waals surface area contributed by atoms with Crippen LogP contribution >= 0.6 is 11.3 Å². The Bertz CT molecular complexity index is 671. The molecule has 128 valence electrons. The highest BCUT2D eigenvalue weighted by atomic mass is 32.1. The summed E-state index contributed by atoms with van der Waals surface area (Å²) in [6.45, 7) is 4.30. The first-order valence-corrected chi connectivity index (χ1v) is 9.92. The maximum absolute atomic E-state index is 4.82. The predicted molar refractivity (Wildman–Crippen MR) is 97.6 cm³/mol. The monoisotopic (exact) mass is 343 g/mol. The largest absolute Gasteiger partial charge is 0.354 e. The first kappa shape index (κ1) is 16.0. The SMILES string of the molecule is CCc1nc2c(s1)[C@H](N[C@@H]1CCCN(c3cccnn3)C1)CCC2. The van der Waals surface area contributed by atoms with Crippen LogP contribution in [0, 0.1) is 0 Å². The van der Waals surface area contributed by atoms with Crippen molar-refractivity contribution in [3.63, 3.8) is 0 Å². The minimum absolute atomic E-state index is 0.485. The molecule has 4 rings (SSSR count). The number of hydrogen-bond acceptors (Lipinski definition) is 6. The van der Waals surface area contributed by atoms with Crippen LogP contribution in [0.3, 0.4) is 0 Å². The molecular formula is C18H25N5S. The average Bonchev–Trinajstić information content (AvgIpc) is 3.07. The van der Waals surface area contributed by atoms with Gasteiger partial charge in [-0.05, 0) is 50.7 Å². The van der Waals surface area contributed by atoms with Gasteiger partial charge in [0.25, 0.3) is 0 Å². The van der Waals surface area contributed by atoms with Gasteiger partial charge in [0.15, 0.2) is 5.82 Å². The van der Waals surface area contributed by atoms with E-state index >= 15 is 0 Å². The number of aromatic nitrogens is 3. The van der Waals surface area contributed by atoms with Gasteiger partial charge in [0.2, 0.25) is 0 Å². The Hall–Kier alpha value is -1.53. The molecule has 3 heterocycles. The second kappa shape index (κ2) is 7.15. The van der Waals surface area contributed by atoms with E-state index < -0.39 is 0 Å². The average molecular weight is 344 g/mol. The molecule has 0 saturated carbocycles. The van der Waals surface area contributed by atoms with Gasteiger partial charge < -0.3 is 10.2 Å². The Kier molecular flexibility index (Phi) is 4.76. The number of nitrogens with zero attached hydrogens (tertiary/aromatic N) is 4. The predicted octanol–water partition coefficient (Wildman–Crippen LogP) is 3.13. The standard InChI is InChI=1S/C18H25N5S/c1-2-17-21-15-8-3-7-14(18(15)24-17)20-13-6-5-11-23(12-13)16-9-4-10-19-22-16/h4,9-10,13-14,20H,2-3,5-8,11-12H2,1H3/t13-,14-/m1/s1. The molecule has 2 atom stereocenters. The molecule has 1 aliphatic carbocycles. The van der Waals surface area contributed by atoms with E-state index in [0.29, 0.717) is 12.1 Å². The van der Waals surface area contributed by atoms with Crippen LogP contribution in [0.1, 0.15) is 54.2 Å². The Balaban J connectivity index is 1.45. The van der Waals surface area contributed by atoms with E-state index in [0.717, 1.165) is 31.7 Å². The summed E-state index contributed by atoms with van der Waals surface area (Å²) in [6.07, 6.45) is 8.87. The van der Waals surface area contributed by atoms with Gasteiger partial charge in [-0.25, -0.2) is 4.98 Å². The number of thiazole rings is 1. The van der Waals surface area contributed by atoms with Gasteiger partial charge in [-0.3, -0.25) is 0 Å². The molecule has 5 nitrogen and oxygen atoms in total. The summed E-state index contributed by atoms with van der Waals surface area (Å²) in [5, 5.41) is 13.5. The maximum Gasteiger partial charge on any atom is 0.151 e. The molecule has 2 aliphatic rings. The van der Waals surface area contributed by atoms with Crippen molar-refractivity contribution in [2.24, 2.45) is 0 Å². The molecule has 24 heavy (non-hydrogen) atoms. The molecule has 1 aliphatic heterocycles. The molecule has 0 aromatic carbocycles. The highest BCUT2D eigenvalue weighted by Gasteiger charge is 2.28. The van der Waals surface area contributed by atoms with Gasteiger partial charge in [-0.15, -0.1) is 16.4 Å². The molecule has 0 amide bonds. The second-order valence-electron chi connectivity index (χ2n) is 6.75. The van der Waals surface area contributed by atoms with Crippen molar-refractivity contribution in [1.29, 1.82) is 0 Å². The smallest absolute Gasteiger partial charge is 0.151 e. The van der Waals surface area contributed by atoms with Gasteiger partial charge in [0.1, 0.15) is 0 Å². The van der Waals surface area contributed by atoms with Gasteiger partial charge in [-0.2, -0.15) is 5.10 Å². The molecule has 0 bridgehead atoms. The van der Waals surface area contributed by atoms with Crippen LogP contribution in [0.5, 0.6) is 0 Å². The fourth-order valence-electron chi connectivity index (χ4n) is 3.85. The van der Waals surface area contributed by atoms with Gasteiger partial charge in [0.05, 0.1) is 10.7 Å². The normalized spacial score (nSPS) is 24.0. The Morgan fingerprint density at radius 1 is 1.33 bits per heavy atom. The molecular weight excluding hydrogens is 318 g/mol. The molecule has 2 aromatic rings. The number of fused-ring (bicyclic) bond motifs is 1. The summed E-state index contributed by atoms with van der Waals surface area (Å²) in [7, 11) is 0. The van der Waals surface area contributed by atoms with E-state index in [1.165, 1.54) is 41.3 Å². The van der Waals surface area contributed by atoms with Crippen LogP contribution in [0.25, 0.3) is 0 Å². The third-order valence-corrected chi connectivity index (χ3v) is 6.39. The number of anilines is 1. The van der Waals surface area contributed by atoms with E-state index in [-0.39, 0.29) is 0 Å². The van der Waals surface area contributed by atoms with Crippen molar-refractivity contribution in [3.8, 4) is 0 Å². The Labute approximate surface area is 147 Å². The van der Waals surface area contributed by atoms with E-state index in [9.17, 15) is 0 Å². The van der Waals surface area contributed by atoms with Crippen molar-refractivity contribution < 1.29 is 0 Å². The lowest BCUT2D eigenvalue weighted by Gasteiger charge is -2.36. The molecule has 2 aromatic heterocycles. The van der Waals surface area contributed by atoms with Crippen molar-refractivity contribution in [1.82, 2.24) is 20.5 Å². The topological polar surface area (TPSA) is 53.9 Å². The lowest BCUT2D eigenvalue weighted by Crippen LogP contribution is -2.47. The zero-order valence-corrected chi connectivity index (χ0v) is 15.1. The molecule has 0 radical (unpaired) electrons. The maximum atomic E-state index is 4.82. The van der Waals surface area contributed by atoms with Crippen molar-refractivity contribution in [3.05, 3.63) is 33.9 Å². The van der Waals surface area contributed by atoms with Crippen LogP contribution < -0.4 is 10.2 Å². The first-order valence-electron chi connectivity index (χ1n) is 9.10. The highest BCUT2D eigenvalue weighted by molar-refractivity contribution is 7.11. The summed E-state index contributed by atoms with van der Waals surface area (Å²) in [5.74, 6) is 0.999. The van der Waals surface area contributed by atoms with Crippen molar-refractivity contribution in [2.45, 2.75) is 57.5 Å². The molecule has 6 heteroatoms. The fourth-order valence-corrected chi connectivity index (χ4v) is 5.00. The summed E-state index contributed by atoms with van der Waals surface area (Å²) < 4.78 is 0. The van der Waals surface area contributed by atoms with Gasteiger partial charge in [-0.1, -0.05) is 6.92 Å². The minimum atomic E-state index is 0.485. The van der Waals surface area contributed by atoms with Crippen molar-refractivity contribution >= 4 is 17.2 Å². The van der Waals surface area contributed by atoms with E-state index in [1.807, 2.05) is 17.4 Å². The Morgan fingerprint density at radius 2 is 2.29 bits per heavy atom. The molecule has 0 spiro atoms. The second-order valence-corrected chi connectivity index (χ2v) is 7.87. The number of aryl methyl sites for hydroxylation is 2. The fraction of sp³-hybridized carbons (Fsp3) is 0.611. The molecule has 1 N–H and O–H groups in total. The van der Waals surface area contributed by atoms with Crippen LogP contribution in [-0.4, -0.2) is 34.3 Å². The number of hydrogen-bond donors (Lipinski definition) is 1. The number of nitrogens with one attached hydrogen (secondary N) is 1. The summed E-state index contributed by atoms with van der Waals surface area (Å²) in [6, 6.07) is 5.03. The molecule has 1 saturated heterocycles. The summed E-state index contributed by atoms with van der Waals surface area (Å²) >= 11 is 1.92. The first-order chi connectivity index (χ1) is 11.8. The van der Waals surface area contributed by atoms with Crippen LogP contribution in [0.4, 0.5) is 5.82 Å². The zero-order valence-electron chi connectivity index (χ0n) is 14.2. The number of rotatable bonds is 4. The molecule has 0 unspecified atom stereocenters. The summed E-state index contributed by atoms with van der Waals surface area (Å²) in [5.41, 5.74) is 1.35. The van der Waals surface area contributed by atoms with Crippen LogP contribution in [0.2, 0.25) is 0 Å². The van der Waals surface area contributed by atoms with Gasteiger partial charge >= 0.3 is 0 Å². The van der Waals surface area contributed by atoms with Crippen molar-refractivity contribution in [2.75, 3.05) is 18.0 Å². The quantitative estimate of drug-likeness (QED) is 0.924. The van der Waals surface area contributed by atoms with Crippen LogP contribution in [-0.2, 0) is 12.8 Å². The van der Waals surface area contributed by atoms with E-state index in [4.69, 9.17) is 4.98 Å². The van der Waals surface area contributed by atoms with E-state index in [2.05, 4.69) is 33.4 Å². The lowest BCUT2D eigenvalue weighted by atomic mass is 9.96.